The molecule has 9 nitrogen and oxygen atoms in total. The van der Waals surface area contributed by atoms with Gasteiger partial charge in [0, 0.05) is 32.1 Å². The summed E-state index contributed by atoms with van der Waals surface area (Å²) in [5.74, 6) is -0.910. The molecule has 3 N–H and O–H groups in total. The highest BCUT2D eigenvalue weighted by atomic mass is 32.2. The Kier molecular flexibility index (Phi) is 6.96. The van der Waals surface area contributed by atoms with E-state index in [0.717, 1.165) is 32.1 Å². The summed E-state index contributed by atoms with van der Waals surface area (Å²) in [6.45, 7) is 2.59. The first kappa shape index (κ1) is 22.5. The van der Waals surface area contributed by atoms with Gasteiger partial charge >= 0.3 is 0 Å². The van der Waals surface area contributed by atoms with Gasteiger partial charge < -0.3 is 5.32 Å². The number of nitrogens with one attached hydrogen (secondary N) is 1. The van der Waals surface area contributed by atoms with Gasteiger partial charge in [0.05, 0.1) is 4.91 Å². The number of nitrogens with zero attached hydrogens (tertiary/aromatic N) is 2. The van der Waals surface area contributed by atoms with Crippen LogP contribution in [0.15, 0.2) is 29.2 Å². The van der Waals surface area contributed by atoms with Crippen molar-refractivity contribution < 1.29 is 22.8 Å². The lowest BCUT2D eigenvalue weighted by atomic mass is 9.97. The lowest BCUT2D eigenvalue weighted by molar-refractivity contribution is -0.127. The molecule has 2 aliphatic rings. The standard InChI is InChI=1S/C19H24N4O5S2/c1-13-2-4-14(5-3-13)12-16-18(25)23(19(26)29-16)11-8-21-17(24)15-6-9-22(10-7-15)30(20,27)28/h2-5,12,15H,6-11H2,1H3,(H,21,24)(H2,20,27,28)/b16-12-. The average molecular weight is 453 g/mol. The van der Waals surface area contributed by atoms with Crippen molar-refractivity contribution in [3.8, 4) is 0 Å². The summed E-state index contributed by atoms with van der Waals surface area (Å²) < 4.78 is 23.8. The van der Waals surface area contributed by atoms with E-state index in [4.69, 9.17) is 5.14 Å². The predicted octanol–water partition coefficient (Wildman–Crippen LogP) is 1.06. The highest BCUT2D eigenvalue weighted by Gasteiger charge is 2.35. The van der Waals surface area contributed by atoms with Crippen LogP contribution in [0.4, 0.5) is 4.79 Å². The van der Waals surface area contributed by atoms with Gasteiger partial charge in [0.15, 0.2) is 0 Å². The zero-order chi connectivity index (χ0) is 21.9. The van der Waals surface area contributed by atoms with Crippen LogP contribution in [-0.2, 0) is 19.8 Å². The molecule has 2 fully saturated rings. The van der Waals surface area contributed by atoms with Gasteiger partial charge in [0.2, 0.25) is 5.91 Å². The number of benzene rings is 1. The van der Waals surface area contributed by atoms with Crippen molar-refractivity contribution >= 4 is 45.1 Å². The molecule has 1 aromatic rings. The molecule has 2 saturated heterocycles. The van der Waals surface area contributed by atoms with Gasteiger partial charge in [-0.2, -0.15) is 12.7 Å². The van der Waals surface area contributed by atoms with E-state index in [1.807, 2.05) is 31.2 Å². The number of carbonyl (C=O) groups excluding carboxylic acids is 3. The topological polar surface area (TPSA) is 130 Å². The molecule has 3 rings (SSSR count). The van der Waals surface area contributed by atoms with Crippen LogP contribution in [-0.4, -0.2) is 60.9 Å². The summed E-state index contributed by atoms with van der Waals surface area (Å²) in [7, 11) is -3.73. The van der Waals surface area contributed by atoms with E-state index in [0.29, 0.717) is 17.7 Å². The van der Waals surface area contributed by atoms with Crippen molar-refractivity contribution in [2.24, 2.45) is 11.1 Å². The Bertz CT molecular complexity index is 967. The van der Waals surface area contributed by atoms with Gasteiger partial charge in [-0.1, -0.05) is 29.8 Å². The minimum Gasteiger partial charge on any atom is -0.354 e. The Morgan fingerprint density at radius 2 is 1.87 bits per heavy atom. The first-order valence-corrected chi connectivity index (χ1v) is 11.8. The maximum Gasteiger partial charge on any atom is 0.293 e. The number of rotatable bonds is 6. The average Bonchev–Trinajstić information content (AvgIpc) is 2.96. The van der Waals surface area contributed by atoms with Gasteiger partial charge in [0.1, 0.15) is 0 Å². The molecule has 3 amide bonds. The number of aryl methyl sites for hydroxylation is 1. The molecule has 0 atom stereocenters. The van der Waals surface area contributed by atoms with Crippen molar-refractivity contribution in [2.75, 3.05) is 26.2 Å². The Morgan fingerprint density at radius 3 is 2.47 bits per heavy atom. The molecule has 0 spiro atoms. The molecule has 0 radical (unpaired) electrons. The third-order valence-electron chi connectivity index (χ3n) is 5.07. The van der Waals surface area contributed by atoms with Crippen molar-refractivity contribution in [1.82, 2.24) is 14.5 Å². The zero-order valence-corrected chi connectivity index (χ0v) is 18.2. The molecule has 0 bridgehead atoms. The van der Waals surface area contributed by atoms with Crippen LogP contribution in [0, 0.1) is 12.8 Å². The minimum absolute atomic E-state index is 0.0810. The van der Waals surface area contributed by atoms with Crippen molar-refractivity contribution in [3.63, 3.8) is 0 Å². The largest absolute Gasteiger partial charge is 0.354 e. The molecular formula is C19H24N4O5S2. The van der Waals surface area contributed by atoms with Gasteiger partial charge in [-0.25, -0.2) is 5.14 Å². The molecule has 0 aromatic heterocycles. The van der Waals surface area contributed by atoms with E-state index in [1.54, 1.807) is 6.08 Å². The van der Waals surface area contributed by atoms with Gasteiger partial charge in [-0.15, -0.1) is 0 Å². The lowest BCUT2D eigenvalue weighted by Crippen LogP contribution is -2.46. The van der Waals surface area contributed by atoms with Gasteiger partial charge in [0.25, 0.3) is 21.4 Å². The number of amides is 3. The third-order valence-corrected chi connectivity index (χ3v) is 7.06. The number of carbonyl (C=O) groups is 3. The molecule has 0 saturated carbocycles. The molecule has 2 heterocycles. The number of thioether (sulfide) groups is 1. The fourth-order valence-electron chi connectivity index (χ4n) is 3.31. The van der Waals surface area contributed by atoms with Crippen LogP contribution >= 0.6 is 11.8 Å². The minimum atomic E-state index is -3.73. The number of hydrogen-bond acceptors (Lipinski definition) is 6. The molecular weight excluding hydrogens is 428 g/mol. The van der Waals surface area contributed by atoms with Crippen molar-refractivity contribution in [2.45, 2.75) is 19.8 Å². The van der Waals surface area contributed by atoms with Gasteiger partial charge in [-0.05, 0) is 43.2 Å². The molecule has 0 unspecified atom stereocenters. The van der Waals surface area contributed by atoms with E-state index in [2.05, 4.69) is 5.32 Å². The number of nitrogens with two attached hydrogens (primary N) is 1. The maximum absolute atomic E-state index is 12.5. The van der Waals surface area contributed by atoms with Crippen molar-refractivity contribution in [3.05, 3.63) is 40.3 Å². The Balaban J connectivity index is 1.49. The van der Waals surface area contributed by atoms with Gasteiger partial charge in [-0.3, -0.25) is 19.3 Å². The Hall–Kier alpha value is -2.21. The first-order valence-electron chi connectivity index (χ1n) is 9.53. The molecule has 2 aliphatic heterocycles. The highest BCUT2D eigenvalue weighted by Crippen LogP contribution is 2.32. The number of imide groups is 1. The summed E-state index contributed by atoms with van der Waals surface area (Å²) >= 11 is 0.882. The Morgan fingerprint density at radius 1 is 1.23 bits per heavy atom. The smallest absolute Gasteiger partial charge is 0.293 e. The Labute approximate surface area is 179 Å². The quantitative estimate of drug-likeness (QED) is 0.621. The molecule has 0 aliphatic carbocycles. The maximum atomic E-state index is 12.5. The first-order chi connectivity index (χ1) is 14.1. The summed E-state index contributed by atoms with van der Waals surface area (Å²) in [4.78, 5) is 38.5. The number of hydrogen-bond donors (Lipinski definition) is 2. The van der Waals surface area contributed by atoms with Crippen molar-refractivity contribution in [1.29, 1.82) is 0 Å². The van der Waals surface area contributed by atoms with E-state index in [9.17, 15) is 22.8 Å². The second-order valence-electron chi connectivity index (χ2n) is 7.25. The second-order valence-corrected chi connectivity index (χ2v) is 9.79. The highest BCUT2D eigenvalue weighted by molar-refractivity contribution is 8.18. The summed E-state index contributed by atoms with van der Waals surface area (Å²) in [6.07, 6.45) is 2.44. The van der Waals surface area contributed by atoms with E-state index < -0.39 is 10.2 Å². The monoisotopic (exact) mass is 452 g/mol. The van der Waals surface area contributed by atoms with Crippen LogP contribution < -0.4 is 10.5 Å². The summed E-state index contributed by atoms with van der Waals surface area (Å²) in [5, 5.41) is 7.46. The fourth-order valence-corrected chi connectivity index (χ4v) is 4.90. The summed E-state index contributed by atoms with van der Waals surface area (Å²) in [5.41, 5.74) is 1.94. The van der Waals surface area contributed by atoms with Crippen LogP contribution in [0.25, 0.3) is 6.08 Å². The predicted molar refractivity (Wildman–Crippen MR) is 114 cm³/mol. The fraction of sp³-hybridized carbons (Fsp3) is 0.421. The van der Waals surface area contributed by atoms with Crippen LogP contribution in [0.5, 0.6) is 0 Å². The third kappa shape index (κ3) is 5.48. The second kappa shape index (κ2) is 9.29. The van der Waals surface area contributed by atoms with E-state index in [1.165, 1.54) is 0 Å². The zero-order valence-electron chi connectivity index (χ0n) is 16.5. The normalized spacial score (nSPS) is 20.2. The molecule has 30 heavy (non-hydrogen) atoms. The van der Waals surface area contributed by atoms with Crippen LogP contribution in [0.1, 0.15) is 24.0 Å². The van der Waals surface area contributed by atoms with E-state index >= 15 is 0 Å². The van der Waals surface area contributed by atoms with E-state index in [-0.39, 0.29) is 49.2 Å². The molecule has 1 aromatic carbocycles. The molecule has 162 valence electrons. The summed E-state index contributed by atoms with van der Waals surface area (Å²) in [6, 6.07) is 7.62. The SMILES string of the molecule is Cc1ccc(/C=C2\SC(=O)N(CCNC(=O)C3CCN(S(N)(=O)=O)CC3)C2=O)cc1. The van der Waals surface area contributed by atoms with Crippen LogP contribution in [0.2, 0.25) is 0 Å². The lowest BCUT2D eigenvalue weighted by Gasteiger charge is -2.29. The van der Waals surface area contributed by atoms with Crippen LogP contribution in [0.3, 0.4) is 0 Å². The molecule has 11 heteroatoms. The number of piperidine rings is 1.